The fourth-order valence-electron chi connectivity index (χ4n) is 2.23. The van der Waals surface area contributed by atoms with Gasteiger partial charge < -0.3 is 10.1 Å². The number of pyridine rings is 1. The molecule has 1 aromatic heterocycles. The Kier molecular flexibility index (Phi) is 5.34. The van der Waals surface area contributed by atoms with Gasteiger partial charge in [0.15, 0.2) is 0 Å². The van der Waals surface area contributed by atoms with Crippen molar-refractivity contribution in [3.63, 3.8) is 0 Å². The van der Waals surface area contributed by atoms with Crippen LogP contribution in [0.5, 0.6) is 11.5 Å². The minimum atomic E-state index is 0.794. The average Bonchev–Trinajstić information content (AvgIpc) is 2.48. The molecule has 0 atom stereocenters. The van der Waals surface area contributed by atoms with Gasteiger partial charge >= 0.3 is 0 Å². The summed E-state index contributed by atoms with van der Waals surface area (Å²) in [7, 11) is 0. The Morgan fingerprint density at radius 3 is 2.62 bits per heavy atom. The molecule has 2 aromatic rings. The summed E-state index contributed by atoms with van der Waals surface area (Å²) in [5, 5.41) is 3.38. The van der Waals surface area contributed by atoms with Crippen LogP contribution < -0.4 is 10.1 Å². The highest BCUT2D eigenvalue weighted by Gasteiger charge is 2.08. The fourth-order valence-corrected chi connectivity index (χ4v) is 2.23. The molecule has 0 aliphatic rings. The molecule has 3 nitrogen and oxygen atoms in total. The summed E-state index contributed by atoms with van der Waals surface area (Å²) >= 11 is 0. The van der Waals surface area contributed by atoms with Gasteiger partial charge in [0.25, 0.3) is 0 Å². The zero-order valence-electron chi connectivity index (χ0n) is 13.4. The van der Waals surface area contributed by atoms with E-state index >= 15 is 0 Å². The second-order valence-corrected chi connectivity index (χ2v) is 5.46. The fraction of sp³-hybridized carbons (Fsp3) is 0.389. The number of nitrogens with one attached hydrogen (secondary N) is 1. The Morgan fingerprint density at radius 1 is 1.10 bits per heavy atom. The molecule has 0 bridgehead atoms. The van der Waals surface area contributed by atoms with E-state index in [1.807, 2.05) is 6.20 Å². The van der Waals surface area contributed by atoms with Crippen molar-refractivity contribution in [1.29, 1.82) is 0 Å². The van der Waals surface area contributed by atoms with E-state index in [1.165, 1.54) is 11.1 Å². The van der Waals surface area contributed by atoms with Gasteiger partial charge in [-0.3, -0.25) is 4.98 Å². The molecule has 3 heteroatoms. The summed E-state index contributed by atoms with van der Waals surface area (Å²) < 4.78 is 6.08. The van der Waals surface area contributed by atoms with Gasteiger partial charge in [-0.1, -0.05) is 19.1 Å². The molecule has 0 radical (unpaired) electrons. The Bertz CT molecular complexity index is 608. The zero-order valence-corrected chi connectivity index (χ0v) is 13.4. The van der Waals surface area contributed by atoms with E-state index in [2.05, 4.69) is 56.2 Å². The number of hydrogen-bond donors (Lipinski definition) is 1. The second-order valence-electron chi connectivity index (χ2n) is 5.46. The van der Waals surface area contributed by atoms with Gasteiger partial charge in [0.1, 0.15) is 11.5 Å². The third kappa shape index (κ3) is 4.05. The molecule has 0 saturated carbocycles. The summed E-state index contributed by atoms with van der Waals surface area (Å²) in [6, 6.07) is 6.27. The molecule has 0 aliphatic heterocycles. The summed E-state index contributed by atoms with van der Waals surface area (Å²) in [5.74, 6) is 1.73. The van der Waals surface area contributed by atoms with Crippen LogP contribution in [0.3, 0.4) is 0 Å². The molecular formula is C18H24N2O. The van der Waals surface area contributed by atoms with Crippen molar-refractivity contribution in [3.8, 4) is 11.5 Å². The van der Waals surface area contributed by atoms with Crippen LogP contribution in [-0.2, 0) is 6.54 Å². The van der Waals surface area contributed by atoms with Crippen LogP contribution in [0.1, 0.15) is 35.6 Å². The number of rotatable bonds is 6. The van der Waals surface area contributed by atoms with Gasteiger partial charge in [-0.05, 0) is 62.1 Å². The van der Waals surface area contributed by atoms with Gasteiger partial charge in [0.2, 0.25) is 0 Å². The molecule has 2 rings (SSSR count). The van der Waals surface area contributed by atoms with E-state index in [-0.39, 0.29) is 0 Å². The normalized spacial score (nSPS) is 10.7. The van der Waals surface area contributed by atoms with Crippen LogP contribution >= 0.6 is 0 Å². The number of aromatic nitrogens is 1. The van der Waals surface area contributed by atoms with Crippen LogP contribution in [0, 0.1) is 20.8 Å². The summed E-state index contributed by atoms with van der Waals surface area (Å²) in [5.41, 5.74) is 4.71. The van der Waals surface area contributed by atoms with Gasteiger partial charge in [-0.2, -0.15) is 0 Å². The third-order valence-electron chi connectivity index (χ3n) is 3.62. The first-order chi connectivity index (χ1) is 10.1. The number of nitrogens with zero attached hydrogens (tertiary/aromatic N) is 1. The monoisotopic (exact) mass is 284 g/mol. The molecule has 0 saturated heterocycles. The SMILES string of the molecule is CCCNCc1cncc(Oc2c(C)ccc(C)c2C)c1. The first-order valence-corrected chi connectivity index (χ1v) is 7.51. The lowest BCUT2D eigenvalue weighted by Crippen LogP contribution is -2.13. The number of aryl methyl sites for hydroxylation is 2. The van der Waals surface area contributed by atoms with Gasteiger partial charge in [-0.15, -0.1) is 0 Å². The standard InChI is InChI=1S/C18H24N2O/c1-5-8-19-10-16-9-17(12-20-11-16)21-18-14(3)7-6-13(2)15(18)4/h6-7,9,11-12,19H,5,8,10H2,1-4H3. The molecule has 0 amide bonds. The maximum Gasteiger partial charge on any atom is 0.146 e. The van der Waals surface area contributed by atoms with Crippen LogP contribution in [-0.4, -0.2) is 11.5 Å². The average molecular weight is 284 g/mol. The van der Waals surface area contributed by atoms with Crippen LogP contribution in [0.25, 0.3) is 0 Å². The van der Waals surface area contributed by atoms with Crippen molar-refractivity contribution in [2.45, 2.75) is 40.7 Å². The van der Waals surface area contributed by atoms with E-state index < -0.39 is 0 Å². The highest BCUT2D eigenvalue weighted by atomic mass is 16.5. The maximum atomic E-state index is 6.08. The zero-order chi connectivity index (χ0) is 15.2. The van der Waals surface area contributed by atoms with Crippen LogP contribution in [0.15, 0.2) is 30.6 Å². The van der Waals surface area contributed by atoms with E-state index in [9.17, 15) is 0 Å². The molecule has 0 fully saturated rings. The minimum absolute atomic E-state index is 0.794. The molecule has 0 unspecified atom stereocenters. The van der Waals surface area contributed by atoms with Crippen LogP contribution in [0.4, 0.5) is 0 Å². The quantitative estimate of drug-likeness (QED) is 0.803. The Labute approximate surface area is 127 Å². The van der Waals surface area contributed by atoms with Crippen molar-refractivity contribution in [2.24, 2.45) is 0 Å². The maximum absolute atomic E-state index is 6.08. The number of ether oxygens (including phenoxy) is 1. The Hall–Kier alpha value is -1.87. The summed E-state index contributed by atoms with van der Waals surface area (Å²) in [6.45, 7) is 10.3. The van der Waals surface area contributed by atoms with Crippen molar-refractivity contribution >= 4 is 0 Å². The first kappa shape index (κ1) is 15.5. The summed E-state index contributed by atoms with van der Waals surface area (Å²) in [6.07, 6.45) is 4.78. The number of hydrogen-bond acceptors (Lipinski definition) is 3. The van der Waals surface area contributed by atoms with Gasteiger partial charge in [-0.25, -0.2) is 0 Å². The van der Waals surface area contributed by atoms with E-state index in [1.54, 1.807) is 6.20 Å². The molecule has 0 spiro atoms. The lowest BCUT2D eigenvalue weighted by molar-refractivity contribution is 0.471. The molecular weight excluding hydrogens is 260 g/mol. The molecule has 1 heterocycles. The number of benzene rings is 1. The predicted molar refractivity (Wildman–Crippen MR) is 87.0 cm³/mol. The lowest BCUT2D eigenvalue weighted by Gasteiger charge is -2.14. The lowest BCUT2D eigenvalue weighted by atomic mass is 10.1. The molecule has 21 heavy (non-hydrogen) atoms. The van der Waals surface area contributed by atoms with E-state index in [0.717, 1.165) is 42.1 Å². The second kappa shape index (κ2) is 7.23. The third-order valence-corrected chi connectivity index (χ3v) is 3.62. The van der Waals surface area contributed by atoms with Crippen LogP contribution in [0.2, 0.25) is 0 Å². The van der Waals surface area contributed by atoms with Gasteiger partial charge in [0.05, 0.1) is 6.20 Å². The largest absolute Gasteiger partial charge is 0.455 e. The molecule has 1 N–H and O–H groups in total. The Morgan fingerprint density at radius 2 is 1.86 bits per heavy atom. The summed E-state index contributed by atoms with van der Waals surface area (Å²) in [4.78, 5) is 4.28. The van der Waals surface area contributed by atoms with Gasteiger partial charge in [0, 0.05) is 12.7 Å². The first-order valence-electron chi connectivity index (χ1n) is 7.51. The highest BCUT2D eigenvalue weighted by molar-refractivity contribution is 5.46. The van der Waals surface area contributed by atoms with Crippen molar-refractivity contribution in [2.75, 3.05) is 6.54 Å². The Balaban J connectivity index is 2.17. The highest BCUT2D eigenvalue weighted by Crippen LogP contribution is 2.30. The van der Waals surface area contributed by atoms with Crippen molar-refractivity contribution in [3.05, 3.63) is 52.8 Å². The van der Waals surface area contributed by atoms with Crippen molar-refractivity contribution < 1.29 is 4.74 Å². The van der Waals surface area contributed by atoms with E-state index in [0.29, 0.717) is 0 Å². The predicted octanol–water partition coefficient (Wildman–Crippen LogP) is 4.30. The molecule has 0 aliphatic carbocycles. The molecule has 112 valence electrons. The minimum Gasteiger partial charge on any atom is -0.455 e. The smallest absolute Gasteiger partial charge is 0.146 e. The van der Waals surface area contributed by atoms with Crippen molar-refractivity contribution in [1.82, 2.24) is 10.3 Å². The van der Waals surface area contributed by atoms with E-state index in [4.69, 9.17) is 4.74 Å². The molecule has 1 aromatic carbocycles. The topological polar surface area (TPSA) is 34.2 Å².